The Morgan fingerprint density at radius 2 is 2.27 bits per heavy atom. The van der Waals surface area contributed by atoms with Gasteiger partial charge in [0.05, 0.1) is 6.04 Å². The highest BCUT2D eigenvalue weighted by Crippen LogP contribution is 2.16. The molecule has 1 unspecified atom stereocenters. The van der Waals surface area contributed by atoms with Crippen LogP contribution in [0.2, 0.25) is 0 Å². The lowest BCUT2D eigenvalue weighted by atomic mass is 10.0. The summed E-state index contributed by atoms with van der Waals surface area (Å²) < 4.78 is 0. The molecule has 4 nitrogen and oxygen atoms in total. The van der Waals surface area contributed by atoms with Crippen LogP contribution < -0.4 is 5.73 Å². The molecule has 15 heavy (non-hydrogen) atoms. The van der Waals surface area contributed by atoms with Crippen LogP contribution in [0.25, 0.3) is 0 Å². The zero-order chi connectivity index (χ0) is 11.1. The van der Waals surface area contributed by atoms with Gasteiger partial charge in [0, 0.05) is 13.1 Å². The third kappa shape index (κ3) is 3.91. The largest absolute Gasteiger partial charge is 0.465 e. The Hall–Kier alpha value is -1.03. The number of nitrogens with two attached hydrogens (primary N) is 1. The first-order valence-electron chi connectivity index (χ1n) is 5.62. The van der Waals surface area contributed by atoms with Crippen molar-refractivity contribution in [2.24, 2.45) is 5.73 Å². The molecule has 1 amide bonds. The molecule has 1 aliphatic carbocycles. The van der Waals surface area contributed by atoms with Gasteiger partial charge < -0.3 is 15.7 Å². The van der Waals surface area contributed by atoms with Gasteiger partial charge in [-0.25, -0.2) is 4.79 Å². The number of hydrogen-bond acceptors (Lipinski definition) is 2. The monoisotopic (exact) mass is 212 g/mol. The summed E-state index contributed by atoms with van der Waals surface area (Å²) in [6, 6.07) is 0.0198. The fourth-order valence-corrected chi connectivity index (χ4v) is 1.94. The Morgan fingerprint density at radius 1 is 1.47 bits per heavy atom. The Morgan fingerprint density at radius 3 is 2.93 bits per heavy atom. The van der Waals surface area contributed by atoms with Crippen LogP contribution in [0.15, 0.2) is 12.2 Å². The molecule has 0 fully saturated rings. The first-order chi connectivity index (χ1) is 7.25. The summed E-state index contributed by atoms with van der Waals surface area (Å²) in [5.41, 5.74) is 5.41. The van der Waals surface area contributed by atoms with Crippen molar-refractivity contribution < 1.29 is 9.90 Å². The minimum absolute atomic E-state index is 0.0198. The molecule has 86 valence electrons. The van der Waals surface area contributed by atoms with Crippen LogP contribution >= 0.6 is 0 Å². The molecule has 1 atom stereocenters. The minimum Gasteiger partial charge on any atom is -0.465 e. The van der Waals surface area contributed by atoms with Crippen molar-refractivity contribution in [3.05, 3.63) is 12.2 Å². The molecule has 0 aliphatic heterocycles. The normalized spacial score (nSPS) is 21.8. The molecule has 4 heteroatoms. The Kier molecular flexibility index (Phi) is 5.18. The molecule has 3 N–H and O–H groups in total. The summed E-state index contributed by atoms with van der Waals surface area (Å²) in [5, 5.41) is 9.06. The van der Waals surface area contributed by atoms with Gasteiger partial charge in [-0.15, -0.1) is 0 Å². The van der Waals surface area contributed by atoms with Crippen molar-refractivity contribution in [2.75, 3.05) is 13.1 Å². The average molecular weight is 212 g/mol. The van der Waals surface area contributed by atoms with Crippen LogP contribution in [0, 0.1) is 0 Å². The van der Waals surface area contributed by atoms with Gasteiger partial charge in [-0.2, -0.15) is 0 Å². The van der Waals surface area contributed by atoms with E-state index in [1.54, 1.807) is 0 Å². The molecule has 0 saturated carbocycles. The van der Waals surface area contributed by atoms with Crippen LogP contribution in [-0.2, 0) is 0 Å². The van der Waals surface area contributed by atoms with Crippen LogP contribution in [0.3, 0.4) is 0 Å². The number of nitrogens with zero attached hydrogens (tertiary/aromatic N) is 1. The van der Waals surface area contributed by atoms with Crippen molar-refractivity contribution in [3.63, 3.8) is 0 Å². The number of hydrogen-bond donors (Lipinski definition) is 2. The molecule has 0 aromatic rings. The average Bonchev–Trinajstić information content (AvgIpc) is 2.14. The van der Waals surface area contributed by atoms with Crippen LogP contribution in [0.5, 0.6) is 0 Å². The van der Waals surface area contributed by atoms with E-state index >= 15 is 0 Å². The van der Waals surface area contributed by atoms with Gasteiger partial charge in [0.25, 0.3) is 0 Å². The zero-order valence-corrected chi connectivity index (χ0v) is 9.06. The molecular weight excluding hydrogens is 192 g/mol. The van der Waals surface area contributed by atoms with Crippen LogP contribution in [0.1, 0.15) is 32.1 Å². The smallest absolute Gasteiger partial charge is 0.407 e. The molecule has 0 aromatic heterocycles. The van der Waals surface area contributed by atoms with Crippen molar-refractivity contribution in [2.45, 2.75) is 38.1 Å². The Labute approximate surface area is 90.7 Å². The van der Waals surface area contributed by atoms with Crippen molar-refractivity contribution in [1.29, 1.82) is 0 Å². The van der Waals surface area contributed by atoms with E-state index in [2.05, 4.69) is 6.08 Å². The van der Waals surface area contributed by atoms with E-state index in [1.165, 1.54) is 17.7 Å². The highest BCUT2D eigenvalue weighted by Gasteiger charge is 2.20. The van der Waals surface area contributed by atoms with Gasteiger partial charge in [-0.3, -0.25) is 0 Å². The highest BCUT2D eigenvalue weighted by molar-refractivity contribution is 5.65. The number of carboxylic acid groups (broad SMARTS) is 1. The lowest BCUT2D eigenvalue weighted by molar-refractivity contribution is 0.132. The molecule has 0 saturated heterocycles. The predicted octanol–water partition coefficient (Wildman–Crippen LogP) is 1.81. The molecule has 0 spiro atoms. The molecule has 0 heterocycles. The fraction of sp³-hybridized carbons (Fsp3) is 0.727. The van der Waals surface area contributed by atoms with Crippen molar-refractivity contribution in [3.8, 4) is 0 Å². The lowest BCUT2D eigenvalue weighted by Gasteiger charge is -2.27. The molecule has 1 aliphatic rings. The van der Waals surface area contributed by atoms with Gasteiger partial charge in [0.1, 0.15) is 0 Å². The number of allylic oxidation sites excluding steroid dienone is 1. The van der Waals surface area contributed by atoms with Gasteiger partial charge in [-0.05, 0) is 19.3 Å². The predicted molar refractivity (Wildman–Crippen MR) is 59.8 cm³/mol. The van der Waals surface area contributed by atoms with Crippen LogP contribution in [-0.4, -0.2) is 35.2 Å². The summed E-state index contributed by atoms with van der Waals surface area (Å²) in [7, 11) is 0. The summed E-state index contributed by atoms with van der Waals surface area (Å²) in [6.07, 6.45) is 8.73. The maximum absolute atomic E-state index is 11.0. The summed E-state index contributed by atoms with van der Waals surface area (Å²) in [5.74, 6) is 0. The Bertz CT molecular complexity index is 229. The van der Waals surface area contributed by atoms with E-state index in [0.717, 1.165) is 19.3 Å². The SMILES string of the molecule is NCCN(C(=O)O)C1C=CCCCCC1. The second-order valence-corrected chi connectivity index (χ2v) is 3.90. The third-order valence-electron chi connectivity index (χ3n) is 2.74. The van der Waals surface area contributed by atoms with E-state index in [1.807, 2.05) is 6.08 Å². The second-order valence-electron chi connectivity index (χ2n) is 3.90. The molecule has 0 bridgehead atoms. The first kappa shape index (κ1) is 12.0. The van der Waals surface area contributed by atoms with Gasteiger partial charge >= 0.3 is 6.09 Å². The topological polar surface area (TPSA) is 66.6 Å². The highest BCUT2D eigenvalue weighted by atomic mass is 16.4. The molecule has 0 aromatic carbocycles. The zero-order valence-electron chi connectivity index (χ0n) is 9.06. The van der Waals surface area contributed by atoms with E-state index in [-0.39, 0.29) is 6.04 Å². The maximum atomic E-state index is 11.0. The third-order valence-corrected chi connectivity index (χ3v) is 2.74. The summed E-state index contributed by atoms with van der Waals surface area (Å²) >= 11 is 0. The van der Waals surface area contributed by atoms with Gasteiger partial charge in [0.15, 0.2) is 0 Å². The minimum atomic E-state index is -0.865. The Balaban J connectivity index is 2.62. The first-order valence-corrected chi connectivity index (χ1v) is 5.62. The number of carbonyl (C=O) groups is 1. The summed E-state index contributed by atoms with van der Waals surface area (Å²) in [4.78, 5) is 12.5. The number of amides is 1. The fourth-order valence-electron chi connectivity index (χ4n) is 1.94. The number of rotatable bonds is 3. The van der Waals surface area contributed by atoms with E-state index in [4.69, 9.17) is 10.8 Å². The molecule has 1 rings (SSSR count). The van der Waals surface area contributed by atoms with Crippen molar-refractivity contribution >= 4 is 6.09 Å². The molecule has 0 radical (unpaired) electrons. The summed E-state index contributed by atoms with van der Waals surface area (Å²) in [6.45, 7) is 0.807. The van der Waals surface area contributed by atoms with E-state index in [9.17, 15) is 4.79 Å². The second kappa shape index (κ2) is 6.45. The molecular formula is C11H20N2O2. The quantitative estimate of drug-likeness (QED) is 0.701. The maximum Gasteiger partial charge on any atom is 0.407 e. The lowest BCUT2D eigenvalue weighted by Crippen LogP contribution is -2.41. The van der Waals surface area contributed by atoms with Crippen molar-refractivity contribution in [1.82, 2.24) is 4.90 Å². The van der Waals surface area contributed by atoms with Crippen LogP contribution in [0.4, 0.5) is 4.79 Å². The van der Waals surface area contributed by atoms with Gasteiger partial charge in [0.2, 0.25) is 0 Å². The van der Waals surface area contributed by atoms with Gasteiger partial charge in [-0.1, -0.05) is 25.0 Å². The van der Waals surface area contributed by atoms with E-state index in [0.29, 0.717) is 13.1 Å². The standard InChI is InChI=1S/C11H20N2O2/c12-8-9-13(11(14)15)10-6-4-2-1-3-5-7-10/h4,6,10H,1-3,5,7-9,12H2,(H,14,15). The van der Waals surface area contributed by atoms with E-state index < -0.39 is 6.09 Å².